The van der Waals surface area contributed by atoms with Crippen LogP contribution in [0.5, 0.6) is 5.75 Å². The monoisotopic (exact) mass is 310 g/mol. The highest BCUT2D eigenvalue weighted by Crippen LogP contribution is 2.17. The van der Waals surface area contributed by atoms with Crippen LogP contribution in [0.1, 0.15) is 11.4 Å². The lowest BCUT2D eigenvalue weighted by Crippen LogP contribution is -2.27. The fraction of sp³-hybridized carbons (Fsp3) is 0.235. The number of amides is 1. The third-order valence-corrected chi connectivity index (χ3v) is 3.60. The smallest absolute Gasteiger partial charge is 0.224 e. The van der Waals surface area contributed by atoms with Gasteiger partial charge < -0.3 is 10.1 Å². The Morgan fingerprint density at radius 1 is 1.17 bits per heavy atom. The van der Waals surface area contributed by atoms with Gasteiger partial charge in [-0.1, -0.05) is 24.3 Å². The number of carbonyl (C=O) groups excluding carboxylic acids is 1. The first-order chi connectivity index (χ1) is 11.3. The van der Waals surface area contributed by atoms with Gasteiger partial charge in [-0.05, 0) is 18.2 Å². The number of nitrogens with one attached hydrogen (secondary N) is 1. The predicted octanol–water partition coefficient (Wildman–Crippen LogP) is 1.64. The third kappa shape index (κ3) is 3.48. The maximum absolute atomic E-state index is 12.1. The molecule has 23 heavy (non-hydrogen) atoms. The maximum Gasteiger partial charge on any atom is 0.224 e. The van der Waals surface area contributed by atoms with Crippen molar-refractivity contribution in [1.82, 2.24) is 19.9 Å². The Kier molecular flexibility index (Phi) is 4.52. The number of nitrogens with zero attached hydrogens (tertiary/aromatic N) is 3. The van der Waals surface area contributed by atoms with Gasteiger partial charge in [0, 0.05) is 24.7 Å². The first-order valence-electron chi connectivity index (χ1n) is 7.45. The molecule has 6 nitrogen and oxygen atoms in total. The van der Waals surface area contributed by atoms with Crippen LogP contribution < -0.4 is 10.1 Å². The summed E-state index contributed by atoms with van der Waals surface area (Å²) in [5.41, 5.74) is 1.68. The zero-order chi connectivity index (χ0) is 16.1. The van der Waals surface area contributed by atoms with Crippen molar-refractivity contribution in [2.45, 2.75) is 12.8 Å². The van der Waals surface area contributed by atoms with Crippen molar-refractivity contribution < 1.29 is 9.53 Å². The van der Waals surface area contributed by atoms with E-state index in [1.807, 2.05) is 53.1 Å². The van der Waals surface area contributed by atoms with E-state index in [0.717, 1.165) is 22.8 Å². The second-order valence-corrected chi connectivity index (χ2v) is 5.13. The molecule has 0 radical (unpaired) electrons. The van der Waals surface area contributed by atoms with Gasteiger partial charge in [-0.2, -0.15) is 0 Å². The molecule has 1 amide bonds. The zero-order valence-corrected chi connectivity index (χ0v) is 12.9. The van der Waals surface area contributed by atoms with Gasteiger partial charge in [0.1, 0.15) is 11.6 Å². The van der Waals surface area contributed by atoms with Crippen LogP contribution in [-0.4, -0.2) is 34.2 Å². The number of pyridine rings is 1. The molecule has 3 aromatic rings. The lowest BCUT2D eigenvalue weighted by atomic mass is 10.1. The normalized spacial score (nSPS) is 10.7. The van der Waals surface area contributed by atoms with E-state index in [-0.39, 0.29) is 5.91 Å². The van der Waals surface area contributed by atoms with Gasteiger partial charge in [0.15, 0.2) is 5.65 Å². The molecule has 118 valence electrons. The Hall–Kier alpha value is -2.89. The van der Waals surface area contributed by atoms with E-state index in [2.05, 4.69) is 15.5 Å². The average molecular weight is 310 g/mol. The molecule has 1 aromatic carbocycles. The zero-order valence-electron chi connectivity index (χ0n) is 12.9. The highest BCUT2D eigenvalue weighted by molar-refractivity contribution is 5.79. The Bertz CT molecular complexity index is 813. The molecule has 0 saturated carbocycles. The molecule has 3 rings (SSSR count). The summed E-state index contributed by atoms with van der Waals surface area (Å²) in [6.07, 6.45) is 2.84. The minimum absolute atomic E-state index is 0.0386. The van der Waals surface area contributed by atoms with Crippen molar-refractivity contribution >= 4 is 11.6 Å². The Morgan fingerprint density at radius 3 is 2.87 bits per heavy atom. The molecule has 0 aliphatic rings. The Morgan fingerprint density at radius 2 is 2.00 bits per heavy atom. The molecule has 2 heterocycles. The largest absolute Gasteiger partial charge is 0.496 e. The summed E-state index contributed by atoms with van der Waals surface area (Å²) in [5.74, 6) is 1.52. The van der Waals surface area contributed by atoms with Crippen molar-refractivity contribution in [3.8, 4) is 5.75 Å². The van der Waals surface area contributed by atoms with Crippen molar-refractivity contribution in [3.05, 3.63) is 60.0 Å². The standard InChI is InChI=1S/C17H18N4O2/c1-23-14-7-3-2-6-13(14)12-17(22)18-10-9-16-20-19-15-8-4-5-11-21(15)16/h2-8,11H,9-10,12H2,1H3,(H,18,22). The summed E-state index contributed by atoms with van der Waals surface area (Å²) >= 11 is 0. The lowest BCUT2D eigenvalue weighted by molar-refractivity contribution is -0.120. The lowest BCUT2D eigenvalue weighted by Gasteiger charge is -2.08. The number of benzene rings is 1. The van der Waals surface area contributed by atoms with Gasteiger partial charge in [0.25, 0.3) is 0 Å². The third-order valence-electron chi connectivity index (χ3n) is 3.60. The van der Waals surface area contributed by atoms with E-state index in [4.69, 9.17) is 4.74 Å². The molecule has 2 aromatic heterocycles. The minimum atomic E-state index is -0.0386. The van der Waals surface area contributed by atoms with Gasteiger partial charge >= 0.3 is 0 Å². The molecule has 0 bridgehead atoms. The van der Waals surface area contributed by atoms with E-state index in [1.165, 1.54) is 0 Å². The van der Waals surface area contributed by atoms with E-state index < -0.39 is 0 Å². The highest BCUT2D eigenvalue weighted by Gasteiger charge is 2.09. The second-order valence-electron chi connectivity index (χ2n) is 5.13. The first-order valence-corrected chi connectivity index (χ1v) is 7.45. The SMILES string of the molecule is COc1ccccc1CC(=O)NCCc1nnc2ccccn12. The van der Waals surface area contributed by atoms with Crippen LogP contribution in [0, 0.1) is 0 Å². The van der Waals surface area contributed by atoms with Gasteiger partial charge in [-0.3, -0.25) is 9.20 Å². The number of rotatable bonds is 6. The molecular weight excluding hydrogens is 292 g/mol. The van der Waals surface area contributed by atoms with E-state index >= 15 is 0 Å². The molecule has 0 atom stereocenters. The molecule has 1 N–H and O–H groups in total. The number of hydrogen-bond donors (Lipinski definition) is 1. The summed E-state index contributed by atoms with van der Waals surface area (Å²) in [6, 6.07) is 13.3. The van der Waals surface area contributed by atoms with Crippen molar-refractivity contribution in [1.29, 1.82) is 0 Å². The number of para-hydroxylation sites is 1. The summed E-state index contributed by atoms with van der Waals surface area (Å²) in [6.45, 7) is 0.518. The number of ether oxygens (including phenoxy) is 1. The number of carbonyl (C=O) groups is 1. The van der Waals surface area contributed by atoms with Gasteiger partial charge in [0.2, 0.25) is 5.91 Å². The molecule has 0 spiro atoms. The number of methoxy groups -OCH3 is 1. The van der Waals surface area contributed by atoms with Gasteiger partial charge in [-0.15, -0.1) is 10.2 Å². The van der Waals surface area contributed by atoms with Gasteiger partial charge in [-0.25, -0.2) is 0 Å². The Labute approximate surface area is 134 Å². The van der Waals surface area contributed by atoms with E-state index in [1.54, 1.807) is 7.11 Å². The van der Waals surface area contributed by atoms with Crippen LogP contribution in [0.15, 0.2) is 48.7 Å². The topological polar surface area (TPSA) is 68.5 Å². The average Bonchev–Trinajstić information content (AvgIpc) is 2.99. The fourth-order valence-corrected chi connectivity index (χ4v) is 2.46. The van der Waals surface area contributed by atoms with E-state index in [0.29, 0.717) is 19.4 Å². The van der Waals surface area contributed by atoms with E-state index in [9.17, 15) is 4.79 Å². The molecule has 0 aliphatic heterocycles. The molecule has 6 heteroatoms. The molecule has 0 saturated heterocycles. The summed E-state index contributed by atoms with van der Waals surface area (Å²) in [7, 11) is 1.60. The molecule has 0 fully saturated rings. The predicted molar refractivity (Wildman–Crippen MR) is 86.4 cm³/mol. The quantitative estimate of drug-likeness (QED) is 0.751. The summed E-state index contributed by atoms with van der Waals surface area (Å²) in [4.78, 5) is 12.1. The van der Waals surface area contributed by atoms with Crippen LogP contribution >= 0.6 is 0 Å². The molecule has 0 aliphatic carbocycles. The van der Waals surface area contributed by atoms with Crippen molar-refractivity contribution in [2.75, 3.05) is 13.7 Å². The fourth-order valence-electron chi connectivity index (χ4n) is 2.46. The summed E-state index contributed by atoms with van der Waals surface area (Å²) in [5, 5.41) is 11.1. The maximum atomic E-state index is 12.1. The highest BCUT2D eigenvalue weighted by atomic mass is 16.5. The second kappa shape index (κ2) is 6.91. The number of fused-ring (bicyclic) bond motifs is 1. The van der Waals surface area contributed by atoms with Crippen molar-refractivity contribution in [3.63, 3.8) is 0 Å². The van der Waals surface area contributed by atoms with Crippen LogP contribution in [0.2, 0.25) is 0 Å². The number of hydrogen-bond acceptors (Lipinski definition) is 4. The van der Waals surface area contributed by atoms with Crippen LogP contribution in [0.4, 0.5) is 0 Å². The summed E-state index contributed by atoms with van der Waals surface area (Å²) < 4.78 is 7.18. The van der Waals surface area contributed by atoms with Gasteiger partial charge in [0.05, 0.1) is 13.5 Å². The van der Waals surface area contributed by atoms with Crippen LogP contribution in [0.3, 0.4) is 0 Å². The minimum Gasteiger partial charge on any atom is -0.496 e. The van der Waals surface area contributed by atoms with Crippen molar-refractivity contribution in [2.24, 2.45) is 0 Å². The van der Waals surface area contributed by atoms with Crippen LogP contribution in [0.25, 0.3) is 5.65 Å². The first kappa shape index (κ1) is 15.0. The Balaban J connectivity index is 1.55. The number of aromatic nitrogens is 3. The van der Waals surface area contributed by atoms with Crippen LogP contribution in [-0.2, 0) is 17.6 Å². The molecule has 0 unspecified atom stereocenters. The molecular formula is C17H18N4O2.